The molecule has 0 unspecified atom stereocenters. The number of H-pyrrole nitrogens is 1. The van der Waals surface area contributed by atoms with Crippen LogP contribution in [-0.2, 0) is 0 Å². The summed E-state index contributed by atoms with van der Waals surface area (Å²) in [6.45, 7) is 4.05. The molecule has 0 fully saturated rings. The molecule has 106 valence electrons. The summed E-state index contributed by atoms with van der Waals surface area (Å²) < 4.78 is 0. The summed E-state index contributed by atoms with van der Waals surface area (Å²) in [6, 6.07) is 4.72. The molecule has 0 aliphatic rings. The second-order valence-corrected chi connectivity index (χ2v) is 5.46. The van der Waals surface area contributed by atoms with Gasteiger partial charge in [-0.3, -0.25) is 9.89 Å². The van der Waals surface area contributed by atoms with Gasteiger partial charge in [0.05, 0.1) is 15.7 Å². The third-order valence-electron chi connectivity index (χ3n) is 2.78. The number of aromatic amines is 1. The van der Waals surface area contributed by atoms with Crippen LogP contribution in [0.5, 0.6) is 0 Å². The molecule has 0 saturated carbocycles. The van der Waals surface area contributed by atoms with Crippen molar-refractivity contribution in [2.75, 3.05) is 11.1 Å². The Morgan fingerprint density at radius 3 is 2.60 bits per heavy atom. The normalized spacial score (nSPS) is 10.8. The zero-order valence-corrected chi connectivity index (χ0v) is 12.5. The van der Waals surface area contributed by atoms with Crippen LogP contribution in [0.25, 0.3) is 0 Å². The van der Waals surface area contributed by atoms with E-state index in [9.17, 15) is 4.79 Å². The van der Waals surface area contributed by atoms with Crippen LogP contribution < -0.4 is 11.1 Å². The largest absolute Gasteiger partial charge is 0.397 e. The van der Waals surface area contributed by atoms with E-state index in [0.29, 0.717) is 17.3 Å². The van der Waals surface area contributed by atoms with Crippen molar-refractivity contribution in [3.8, 4) is 0 Å². The third-order valence-corrected chi connectivity index (χ3v) is 3.60. The number of amides is 1. The first-order valence-corrected chi connectivity index (χ1v) is 6.75. The Morgan fingerprint density at radius 1 is 1.35 bits per heavy atom. The highest BCUT2D eigenvalue weighted by Crippen LogP contribution is 2.29. The van der Waals surface area contributed by atoms with Crippen LogP contribution in [0, 0.1) is 0 Å². The Hall–Kier alpha value is -1.72. The zero-order chi connectivity index (χ0) is 14.9. The number of anilines is 2. The predicted octanol–water partition coefficient (Wildman–Crippen LogP) is 3.67. The number of benzene rings is 1. The molecule has 0 bridgehead atoms. The average Bonchev–Trinajstić information content (AvgIpc) is 2.84. The highest BCUT2D eigenvalue weighted by molar-refractivity contribution is 6.44. The lowest BCUT2D eigenvalue weighted by Gasteiger charge is -2.06. The Kier molecular flexibility index (Phi) is 4.20. The minimum atomic E-state index is -0.350. The third kappa shape index (κ3) is 3.05. The van der Waals surface area contributed by atoms with Gasteiger partial charge in [0, 0.05) is 17.3 Å². The van der Waals surface area contributed by atoms with Crippen molar-refractivity contribution < 1.29 is 4.79 Å². The molecule has 0 atom stereocenters. The quantitative estimate of drug-likeness (QED) is 0.756. The molecule has 5 nitrogen and oxygen atoms in total. The molecule has 2 rings (SSSR count). The maximum Gasteiger partial charge on any atom is 0.256 e. The number of nitrogens with one attached hydrogen (secondary N) is 2. The average molecular weight is 313 g/mol. The summed E-state index contributed by atoms with van der Waals surface area (Å²) in [7, 11) is 0. The van der Waals surface area contributed by atoms with Gasteiger partial charge in [-0.1, -0.05) is 37.0 Å². The van der Waals surface area contributed by atoms with Crippen LogP contribution >= 0.6 is 23.2 Å². The Morgan fingerprint density at radius 2 is 2.05 bits per heavy atom. The smallest absolute Gasteiger partial charge is 0.256 e. The van der Waals surface area contributed by atoms with Gasteiger partial charge in [-0.15, -0.1) is 0 Å². The molecule has 1 amide bonds. The lowest BCUT2D eigenvalue weighted by Crippen LogP contribution is -2.12. The van der Waals surface area contributed by atoms with E-state index < -0.39 is 0 Å². The standard InChI is InChI=1S/C13H14Cl2N4O/c1-6(2)10-5-11(19-18-10)17-13(20)7-3-8(14)12(15)9(16)4-7/h3-6H,16H2,1-2H3,(H2,17,18,19,20). The van der Waals surface area contributed by atoms with Crippen molar-refractivity contribution in [2.45, 2.75) is 19.8 Å². The summed E-state index contributed by atoms with van der Waals surface area (Å²) >= 11 is 11.7. The maximum absolute atomic E-state index is 12.1. The van der Waals surface area contributed by atoms with Crippen molar-refractivity contribution >= 4 is 40.6 Å². The molecule has 0 radical (unpaired) electrons. The number of halogens is 2. The number of aromatic nitrogens is 2. The highest BCUT2D eigenvalue weighted by Gasteiger charge is 2.13. The SMILES string of the molecule is CC(C)c1cc(NC(=O)c2cc(N)c(Cl)c(Cl)c2)n[nH]1. The fourth-order valence-corrected chi connectivity index (χ4v) is 1.96. The van der Waals surface area contributed by atoms with E-state index in [4.69, 9.17) is 28.9 Å². The Bertz CT molecular complexity index is 629. The number of nitrogen functional groups attached to an aromatic ring is 1. The van der Waals surface area contributed by atoms with Gasteiger partial charge in [-0.05, 0) is 18.1 Å². The molecule has 2 aromatic rings. The molecule has 1 aromatic carbocycles. The summed E-state index contributed by atoms with van der Waals surface area (Å²) in [5.74, 6) is 0.397. The van der Waals surface area contributed by atoms with E-state index in [-0.39, 0.29) is 21.6 Å². The van der Waals surface area contributed by atoms with Gasteiger partial charge in [0.2, 0.25) is 0 Å². The number of carbonyl (C=O) groups excluding carboxylic acids is 1. The van der Waals surface area contributed by atoms with Crippen molar-refractivity contribution in [3.05, 3.63) is 39.5 Å². The molecule has 0 saturated heterocycles. The van der Waals surface area contributed by atoms with Gasteiger partial charge >= 0.3 is 0 Å². The second kappa shape index (κ2) is 5.73. The van der Waals surface area contributed by atoms with E-state index in [1.54, 1.807) is 6.07 Å². The van der Waals surface area contributed by atoms with Crippen molar-refractivity contribution in [3.63, 3.8) is 0 Å². The first-order chi connectivity index (χ1) is 9.38. The molecular weight excluding hydrogens is 299 g/mol. The van der Waals surface area contributed by atoms with Crippen molar-refractivity contribution in [1.29, 1.82) is 0 Å². The van der Waals surface area contributed by atoms with Crippen molar-refractivity contribution in [2.24, 2.45) is 0 Å². The van der Waals surface area contributed by atoms with E-state index in [1.807, 2.05) is 13.8 Å². The molecule has 20 heavy (non-hydrogen) atoms. The van der Waals surface area contributed by atoms with Crippen LogP contribution in [0.1, 0.15) is 35.8 Å². The van der Waals surface area contributed by atoms with Crippen LogP contribution in [0.4, 0.5) is 11.5 Å². The monoisotopic (exact) mass is 312 g/mol. The molecule has 4 N–H and O–H groups in total. The minimum absolute atomic E-state index is 0.238. The maximum atomic E-state index is 12.1. The van der Waals surface area contributed by atoms with Gasteiger partial charge in [0.1, 0.15) is 0 Å². The van der Waals surface area contributed by atoms with Crippen LogP contribution in [0.3, 0.4) is 0 Å². The number of nitrogens with two attached hydrogens (primary N) is 1. The lowest BCUT2D eigenvalue weighted by molar-refractivity contribution is 0.102. The van der Waals surface area contributed by atoms with E-state index in [0.717, 1.165) is 5.69 Å². The van der Waals surface area contributed by atoms with Crippen molar-refractivity contribution in [1.82, 2.24) is 10.2 Å². The number of nitrogens with zero attached hydrogens (tertiary/aromatic N) is 1. The van der Waals surface area contributed by atoms with Crippen LogP contribution in [0.15, 0.2) is 18.2 Å². The topological polar surface area (TPSA) is 83.8 Å². The van der Waals surface area contributed by atoms with Gasteiger partial charge in [0.15, 0.2) is 5.82 Å². The molecule has 0 aliphatic carbocycles. The van der Waals surface area contributed by atoms with Gasteiger partial charge < -0.3 is 11.1 Å². The van der Waals surface area contributed by atoms with Gasteiger partial charge in [-0.2, -0.15) is 5.10 Å². The molecule has 0 aliphatic heterocycles. The molecule has 1 aromatic heterocycles. The first kappa shape index (κ1) is 14.7. The summed E-state index contributed by atoms with van der Waals surface area (Å²) in [5, 5.41) is 10.0. The second-order valence-electron chi connectivity index (χ2n) is 4.68. The van der Waals surface area contributed by atoms with E-state index in [2.05, 4.69) is 15.5 Å². The molecule has 1 heterocycles. The summed E-state index contributed by atoms with van der Waals surface area (Å²) in [4.78, 5) is 12.1. The Balaban J connectivity index is 2.19. The first-order valence-electron chi connectivity index (χ1n) is 5.99. The van der Waals surface area contributed by atoms with Crippen LogP contribution in [-0.4, -0.2) is 16.1 Å². The number of carbonyl (C=O) groups is 1. The molecule has 7 heteroatoms. The lowest BCUT2D eigenvalue weighted by atomic mass is 10.1. The Labute approximate surface area is 126 Å². The number of rotatable bonds is 3. The predicted molar refractivity (Wildman–Crippen MR) is 81.5 cm³/mol. The fraction of sp³-hybridized carbons (Fsp3) is 0.231. The molecular formula is C13H14Cl2N4O. The van der Waals surface area contributed by atoms with Gasteiger partial charge in [-0.25, -0.2) is 0 Å². The fourth-order valence-electron chi connectivity index (χ4n) is 1.63. The summed E-state index contributed by atoms with van der Waals surface area (Å²) in [6.07, 6.45) is 0. The molecule has 0 spiro atoms. The van der Waals surface area contributed by atoms with E-state index >= 15 is 0 Å². The van der Waals surface area contributed by atoms with E-state index in [1.165, 1.54) is 12.1 Å². The minimum Gasteiger partial charge on any atom is -0.397 e. The number of hydrogen-bond acceptors (Lipinski definition) is 3. The zero-order valence-electron chi connectivity index (χ0n) is 11.0. The highest BCUT2D eigenvalue weighted by atomic mass is 35.5. The van der Waals surface area contributed by atoms with Gasteiger partial charge in [0.25, 0.3) is 5.91 Å². The van der Waals surface area contributed by atoms with Crippen LogP contribution in [0.2, 0.25) is 10.0 Å². The number of hydrogen-bond donors (Lipinski definition) is 3. The summed E-state index contributed by atoms with van der Waals surface area (Å²) in [5.41, 5.74) is 7.20.